The first kappa shape index (κ1) is 8.44. The molecule has 0 radical (unpaired) electrons. The number of rotatable bonds is 1. The van der Waals surface area contributed by atoms with Crippen molar-refractivity contribution in [2.45, 2.75) is 11.8 Å². The predicted molar refractivity (Wildman–Crippen MR) is 48.6 cm³/mol. The quantitative estimate of drug-likeness (QED) is 0.627. The third-order valence-electron chi connectivity index (χ3n) is 1.90. The summed E-state index contributed by atoms with van der Waals surface area (Å²) in [4.78, 5) is 20.8. The average Bonchev–Trinajstić information content (AvgIpc) is 2.47. The molecule has 2 heterocycles. The Morgan fingerprint density at radius 3 is 2.92 bits per heavy atom. The highest BCUT2D eigenvalue weighted by atomic mass is 35.5. The van der Waals surface area contributed by atoms with E-state index in [-0.39, 0.29) is 11.3 Å². The number of carbonyl (C=O) groups excluding carboxylic acids is 1. The summed E-state index contributed by atoms with van der Waals surface area (Å²) in [6.45, 7) is 0.527. The third kappa shape index (κ3) is 1.62. The molecule has 1 atom stereocenters. The van der Waals surface area contributed by atoms with Gasteiger partial charge in [-0.1, -0.05) is 0 Å². The Morgan fingerprint density at radius 2 is 2.38 bits per heavy atom. The molecule has 0 N–H and O–H groups in total. The molecule has 0 aliphatic carbocycles. The molecule has 13 heavy (non-hydrogen) atoms. The van der Waals surface area contributed by atoms with E-state index in [1.807, 2.05) is 0 Å². The van der Waals surface area contributed by atoms with Gasteiger partial charge in [-0.3, -0.25) is 14.7 Å². The van der Waals surface area contributed by atoms with Crippen molar-refractivity contribution in [1.29, 1.82) is 0 Å². The number of amides is 1. The van der Waals surface area contributed by atoms with E-state index in [2.05, 4.69) is 9.97 Å². The summed E-state index contributed by atoms with van der Waals surface area (Å²) in [5, 5.41) is -0.102. The second-order valence-corrected chi connectivity index (χ2v) is 3.49. The summed E-state index contributed by atoms with van der Waals surface area (Å²) in [5.41, 5.74) is 0. The van der Waals surface area contributed by atoms with Crippen LogP contribution in [-0.2, 0) is 4.79 Å². The van der Waals surface area contributed by atoms with Crippen molar-refractivity contribution in [3.63, 3.8) is 0 Å². The monoisotopic (exact) mass is 197 g/mol. The summed E-state index contributed by atoms with van der Waals surface area (Å²) in [6, 6.07) is 0. The zero-order valence-corrected chi connectivity index (χ0v) is 7.61. The number of hydrogen-bond acceptors (Lipinski definition) is 3. The third-order valence-corrected chi connectivity index (χ3v) is 2.20. The second kappa shape index (κ2) is 3.30. The molecule has 1 aromatic heterocycles. The summed E-state index contributed by atoms with van der Waals surface area (Å²) in [6.07, 6.45) is 5.08. The standard InChI is InChI=1S/C8H8ClN3O/c9-6-3-8(13)12(5-6)7-4-10-1-2-11-7/h1-2,4,6H,3,5H2. The van der Waals surface area contributed by atoms with Crippen molar-refractivity contribution in [3.05, 3.63) is 18.6 Å². The van der Waals surface area contributed by atoms with Gasteiger partial charge in [0.1, 0.15) is 0 Å². The maximum absolute atomic E-state index is 11.4. The number of alkyl halides is 1. The van der Waals surface area contributed by atoms with E-state index in [1.165, 1.54) is 0 Å². The zero-order valence-electron chi connectivity index (χ0n) is 6.85. The topological polar surface area (TPSA) is 46.1 Å². The van der Waals surface area contributed by atoms with Gasteiger partial charge in [-0.2, -0.15) is 0 Å². The molecule has 1 fully saturated rings. The van der Waals surface area contributed by atoms with E-state index in [1.54, 1.807) is 23.5 Å². The molecule has 1 aliphatic heterocycles. The van der Waals surface area contributed by atoms with Crippen LogP contribution in [0.1, 0.15) is 6.42 Å². The number of nitrogens with zero attached hydrogens (tertiary/aromatic N) is 3. The normalized spacial score (nSPS) is 22.4. The molecule has 68 valence electrons. The lowest BCUT2D eigenvalue weighted by molar-refractivity contribution is -0.117. The molecule has 1 aliphatic rings. The van der Waals surface area contributed by atoms with Crippen molar-refractivity contribution in [2.24, 2.45) is 0 Å². The zero-order chi connectivity index (χ0) is 9.26. The van der Waals surface area contributed by atoms with Crippen LogP contribution in [0.3, 0.4) is 0 Å². The maximum Gasteiger partial charge on any atom is 0.229 e. The number of carbonyl (C=O) groups is 1. The Bertz CT molecular complexity index is 316. The lowest BCUT2D eigenvalue weighted by atomic mass is 10.4. The van der Waals surface area contributed by atoms with E-state index >= 15 is 0 Å². The smallest absolute Gasteiger partial charge is 0.229 e. The lowest BCUT2D eigenvalue weighted by Gasteiger charge is -2.12. The molecule has 0 spiro atoms. The van der Waals surface area contributed by atoms with E-state index in [0.29, 0.717) is 18.8 Å². The van der Waals surface area contributed by atoms with Crippen LogP contribution in [0, 0.1) is 0 Å². The number of aromatic nitrogens is 2. The number of anilines is 1. The summed E-state index contributed by atoms with van der Waals surface area (Å²) >= 11 is 5.84. The Hall–Kier alpha value is -1.16. The van der Waals surface area contributed by atoms with Gasteiger partial charge in [-0.25, -0.2) is 4.98 Å². The first-order valence-electron chi connectivity index (χ1n) is 3.98. The van der Waals surface area contributed by atoms with Crippen LogP contribution in [0.5, 0.6) is 0 Å². The fraction of sp³-hybridized carbons (Fsp3) is 0.375. The van der Waals surface area contributed by atoms with E-state index in [9.17, 15) is 4.79 Å². The first-order valence-corrected chi connectivity index (χ1v) is 4.41. The van der Waals surface area contributed by atoms with Crippen molar-refractivity contribution in [1.82, 2.24) is 9.97 Å². The van der Waals surface area contributed by atoms with Gasteiger partial charge in [0.15, 0.2) is 5.82 Å². The number of halogens is 1. The Kier molecular flexibility index (Phi) is 2.14. The fourth-order valence-corrected chi connectivity index (χ4v) is 1.59. The van der Waals surface area contributed by atoms with E-state index in [4.69, 9.17) is 11.6 Å². The highest BCUT2D eigenvalue weighted by Gasteiger charge is 2.29. The lowest BCUT2D eigenvalue weighted by Crippen LogP contribution is -2.25. The van der Waals surface area contributed by atoms with Crippen LogP contribution in [0.2, 0.25) is 0 Å². The maximum atomic E-state index is 11.4. The summed E-state index contributed by atoms with van der Waals surface area (Å²) in [7, 11) is 0. The van der Waals surface area contributed by atoms with Gasteiger partial charge in [0.05, 0.1) is 11.6 Å². The predicted octanol–water partition coefficient (Wildman–Crippen LogP) is 0.821. The molecule has 1 amide bonds. The largest absolute Gasteiger partial charge is 0.294 e. The van der Waals surface area contributed by atoms with Gasteiger partial charge < -0.3 is 0 Å². The molecular weight excluding hydrogens is 190 g/mol. The number of hydrogen-bond donors (Lipinski definition) is 0. The van der Waals surface area contributed by atoms with E-state index in [0.717, 1.165) is 0 Å². The molecule has 1 saturated heterocycles. The molecule has 4 nitrogen and oxygen atoms in total. The molecule has 0 saturated carbocycles. The molecule has 1 unspecified atom stereocenters. The van der Waals surface area contributed by atoms with Crippen LogP contribution < -0.4 is 4.90 Å². The van der Waals surface area contributed by atoms with Crippen LogP contribution in [0.15, 0.2) is 18.6 Å². The van der Waals surface area contributed by atoms with Crippen LogP contribution in [-0.4, -0.2) is 27.8 Å². The van der Waals surface area contributed by atoms with Gasteiger partial charge >= 0.3 is 0 Å². The van der Waals surface area contributed by atoms with Gasteiger partial charge in [-0.15, -0.1) is 11.6 Å². The molecule has 0 aromatic carbocycles. The minimum absolute atomic E-state index is 0.0144. The van der Waals surface area contributed by atoms with Crippen LogP contribution in [0.4, 0.5) is 5.82 Å². The second-order valence-electron chi connectivity index (χ2n) is 2.87. The first-order chi connectivity index (χ1) is 6.27. The Morgan fingerprint density at radius 1 is 1.54 bits per heavy atom. The Labute approximate surface area is 80.5 Å². The summed E-state index contributed by atoms with van der Waals surface area (Å²) in [5.74, 6) is 0.594. The molecular formula is C8H8ClN3O. The highest BCUT2D eigenvalue weighted by Crippen LogP contribution is 2.20. The minimum atomic E-state index is -0.102. The minimum Gasteiger partial charge on any atom is -0.294 e. The van der Waals surface area contributed by atoms with Crippen molar-refractivity contribution >= 4 is 23.3 Å². The van der Waals surface area contributed by atoms with Crippen molar-refractivity contribution < 1.29 is 4.79 Å². The molecule has 5 heteroatoms. The van der Waals surface area contributed by atoms with E-state index < -0.39 is 0 Å². The van der Waals surface area contributed by atoms with Crippen molar-refractivity contribution in [2.75, 3.05) is 11.4 Å². The summed E-state index contributed by atoms with van der Waals surface area (Å²) < 4.78 is 0. The van der Waals surface area contributed by atoms with Gasteiger partial charge in [0.2, 0.25) is 5.91 Å². The molecule has 0 bridgehead atoms. The average molecular weight is 198 g/mol. The molecule has 1 aromatic rings. The van der Waals surface area contributed by atoms with Crippen LogP contribution in [0.25, 0.3) is 0 Å². The SMILES string of the molecule is O=C1CC(Cl)CN1c1cnccn1. The van der Waals surface area contributed by atoms with Crippen LogP contribution >= 0.6 is 11.6 Å². The Balaban J connectivity index is 2.23. The fourth-order valence-electron chi connectivity index (χ4n) is 1.32. The van der Waals surface area contributed by atoms with Crippen molar-refractivity contribution in [3.8, 4) is 0 Å². The van der Waals surface area contributed by atoms with Gasteiger partial charge in [0, 0.05) is 25.4 Å². The van der Waals surface area contributed by atoms with Gasteiger partial charge in [-0.05, 0) is 0 Å². The van der Waals surface area contributed by atoms with Gasteiger partial charge in [0.25, 0.3) is 0 Å². The molecule has 2 rings (SSSR count). The highest BCUT2D eigenvalue weighted by molar-refractivity contribution is 6.24.